The largest absolute Gasteiger partial charge is 0.416 e. The van der Waals surface area contributed by atoms with E-state index in [0.717, 1.165) is 37.8 Å². The molecule has 3 aliphatic rings. The molecule has 0 radical (unpaired) electrons. The molecular formula is C26H28F3N5O2S. The van der Waals surface area contributed by atoms with Crippen LogP contribution in [0, 0.1) is 0 Å². The molecule has 3 fully saturated rings. The minimum atomic E-state index is -4.41. The van der Waals surface area contributed by atoms with Crippen LogP contribution in [0.1, 0.15) is 36.8 Å². The van der Waals surface area contributed by atoms with Crippen LogP contribution in [0.5, 0.6) is 0 Å². The summed E-state index contributed by atoms with van der Waals surface area (Å²) in [6.07, 6.45) is 4.47. The summed E-state index contributed by atoms with van der Waals surface area (Å²) >= 11 is 1.49. The Morgan fingerprint density at radius 2 is 1.70 bits per heavy atom. The zero-order valence-corrected chi connectivity index (χ0v) is 21.0. The maximum Gasteiger partial charge on any atom is 0.416 e. The average Bonchev–Trinajstić information content (AvgIpc) is 2.91. The lowest BCUT2D eigenvalue weighted by molar-refractivity contribution is -0.141. The molecule has 2 amide bonds. The van der Waals surface area contributed by atoms with E-state index >= 15 is 0 Å². The average molecular weight is 532 g/mol. The van der Waals surface area contributed by atoms with Gasteiger partial charge in [0.25, 0.3) is 5.91 Å². The number of thioether (sulfide) groups is 1. The van der Waals surface area contributed by atoms with Crippen molar-refractivity contribution in [1.82, 2.24) is 19.8 Å². The number of piperazine rings is 1. The Labute approximate surface area is 217 Å². The summed E-state index contributed by atoms with van der Waals surface area (Å²) < 4.78 is 38.8. The van der Waals surface area contributed by atoms with Gasteiger partial charge in [-0.1, -0.05) is 25.0 Å². The predicted octanol–water partition coefficient (Wildman–Crippen LogP) is 4.07. The molecule has 11 heteroatoms. The van der Waals surface area contributed by atoms with Gasteiger partial charge in [-0.3, -0.25) is 9.59 Å². The highest BCUT2D eigenvalue weighted by Gasteiger charge is 2.42. The number of nitrogens with zero attached hydrogens (tertiary/aromatic N) is 5. The van der Waals surface area contributed by atoms with Gasteiger partial charge in [-0.05, 0) is 42.7 Å². The maximum absolute atomic E-state index is 13.5. The predicted molar refractivity (Wildman–Crippen MR) is 136 cm³/mol. The third-order valence-corrected chi connectivity index (χ3v) is 8.53. The Morgan fingerprint density at radius 3 is 2.38 bits per heavy atom. The van der Waals surface area contributed by atoms with Crippen LogP contribution < -0.4 is 4.90 Å². The lowest BCUT2D eigenvalue weighted by Gasteiger charge is -2.44. The molecule has 196 valence electrons. The summed E-state index contributed by atoms with van der Waals surface area (Å²) in [7, 11) is 0. The fourth-order valence-corrected chi connectivity index (χ4v) is 6.61. The number of carbonyl (C=O) groups excluding carboxylic acids is 2. The Balaban J connectivity index is 1.29. The molecule has 2 saturated heterocycles. The number of fused-ring (bicyclic) bond motifs is 1. The third-order valence-electron chi connectivity index (χ3n) is 7.13. The van der Waals surface area contributed by atoms with E-state index < -0.39 is 11.7 Å². The summed E-state index contributed by atoms with van der Waals surface area (Å²) in [5, 5.41) is 0.173. The van der Waals surface area contributed by atoms with Crippen LogP contribution in [0.25, 0.3) is 6.08 Å². The van der Waals surface area contributed by atoms with Gasteiger partial charge in [0, 0.05) is 49.9 Å². The first kappa shape index (κ1) is 25.6. The molecule has 5 rings (SSSR count). The van der Waals surface area contributed by atoms with E-state index in [1.165, 1.54) is 23.9 Å². The fraction of sp³-hybridized carbons (Fsp3) is 0.462. The lowest BCUT2D eigenvalue weighted by atomic mass is 9.93. The normalized spacial score (nSPS) is 23.8. The molecule has 1 aromatic carbocycles. The van der Waals surface area contributed by atoms with E-state index in [1.807, 2.05) is 4.90 Å². The van der Waals surface area contributed by atoms with E-state index in [1.54, 1.807) is 34.3 Å². The van der Waals surface area contributed by atoms with Crippen molar-refractivity contribution in [2.45, 2.75) is 43.2 Å². The summed E-state index contributed by atoms with van der Waals surface area (Å²) in [5.41, 5.74) is -0.195. The van der Waals surface area contributed by atoms with Gasteiger partial charge < -0.3 is 14.7 Å². The first-order chi connectivity index (χ1) is 17.8. The van der Waals surface area contributed by atoms with Gasteiger partial charge in [-0.25, -0.2) is 9.97 Å². The molecule has 7 nitrogen and oxygen atoms in total. The number of anilines is 1. The second-order valence-corrected chi connectivity index (χ2v) is 10.8. The van der Waals surface area contributed by atoms with Gasteiger partial charge in [0.2, 0.25) is 11.9 Å². The summed E-state index contributed by atoms with van der Waals surface area (Å²) in [6.45, 7) is 2.29. The van der Waals surface area contributed by atoms with Crippen LogP contribution in [-0.2, 0) is 15.8 Å². The van der Waals surface area contributed by atoms with Crippen molar-refractivity contribution in [2.24, 2.45) is 0 Å². The van der Waals surface area contributed by atoms with E-state index in [0.29, 0.717) is 42.6 Å². The van der Waals surface area contributed by atoms with Crippen molar-refractivity contribution in [3.63, 3.8) is 0 Å². The van der Waals surface area contributed by atoms with Crippen molar-refractivity contribution < 1.29 is 22.8 Å². The number of hydrogen-bond acceptors (Lipinski definition) is 6. The number of halogens is 3. The second kappa shape index (κ2) is 10.7. The van der Waals surface area contributed by atoms with Crippen LogP contribution in [0.15, 0.2) is 47.6 Å². The number of amides is 2. The van der Waals surface area contributed by atoms with E-state index in [-0.39, 0.29) is 29.7 Å². The standard InChI is InChI=1S/C26H28F3N5O2S/c27-26(28,29)19-8-6-18(7-9-19)16-22-24(36)34(20-4-1-2-5-21(20)37-22)17-23(35)32-12-14-33(15-13-32)25-30-10-3-11-31-25/h3,6-11,16,20-21H,1-2,4-5,12-15,17H2/b22-16-. The molecule has 1 aliphatic carbocycles. The molecule has 0 bridgehead atoms. The lowest BCUT2D eigenvalue weighted by Crippen LogP contribution is -2.57. The van der Waals surface area contributed by atoms with Crippen LogP contribution in [0.2, 0.25) is 0 Å². The summed E-state index contributed by atoms with van der Waals surface area (Å²) in [4.78, 5) is 41.3. The van der Waals surface area contributed by atoms with Gasteiger partial charge >= 0.3 is 6.18 Å². The van der Waals surface area contributed by atoms with Gasteiger partial charge in [-0.15, -0.1) is 11.8 Å². The SMILES string of the molecule is O=C(CN1C(=O)/C(=C/c2ccc(C(F)(F)F)cc2)SC2CCCCC21)N1CCN(c2ncccn2)CC1. The Hall–Kier alpha value is -3.08. The van der Waals surface area contributed by atoms with Gasteiger partial charge in [0.1, 0.15) is 6.54 Å². The van der Waals surface area contributed by atoms with Gasteiger partial charge in [0.05, 0.1) is 10.5 Å². The molecule has 1 aromatic heterocycles. The van der Waals surface area contributed by atoms with Crippen LogP contribution >= 0.6 is 11.8 Å². The number of hydrogen-bond donors (Lipinski definition) is 0. The minimum absolute atomic E-state index is 0.00669. The highest BCUT2D eigenvalue weighted by Crippen LogP contribution is 2.42. The smallest absolute Gasteiger partial charge is 0.338 e. The van der Waals surface area contributed by atoms with Crippen molar-refractivity contribution in [3.05, 3.63) is 58.8 Å². The van der Waals surface area contributed by atoms with Crippen molar-refractivity contribution in [3.8, 4) is 0 Å². The monoisotopic (exact) mass is 531 g/mol. The van der Waals surface area contributed by atoms with E-state index in [2.05, 4.69) is 9.97 Å². The summed E-state index contributed by atoms with van der Waals surface area (Å²) in [6, 6.07) is 6.55. The van der Waals surface area contributed by atoms with Crippen LogP contribution in [0.3, 0.4) is 0 Å². The molecular weight excluding hydrogens is 503 g/mol. The molecule has 2 aromatic rings. The zero-order chi connectivity index (χ0) is 26.0. The number of rotatable bonds is 4. The Kier molecular flexibility index (Phi) is 7.41. The maximum atomic E-state index is 13.5. The first-order valence-electron chi connectivity index (χ1n) is 12.5. The Morgan fingerprint density at radius 1 is 1.03 bits per heavy atom. The quantitative estimate of drug-likeness (QED) is 0.554. The molecule has 2 atom stereocenters. The number of alkyl halides is 3. The fourth-order valence-electron chi connectivity index (χ4n) is 5.14. The minimum Gasteiger partial charge on any atom is -0.338 e. The number of benzene rings is 1. The first-order valence-corrected chi connectivity index (χ1v) is 13.3. The Bertz CT molecular complexity index is 1150. The molecule has 37 heavy (non-hydrogen) atoms. The van der Waals surface area contributed by atoms with Crippen molar-refractivity contribution >= 4 is 35.6 Å². The molecule has 2 aliphatic heterocycles. The number of aromatic nitrogens is 2. The van der Waals surface area contributed by atoms with E-state index in [9.17, 15) is 22.8 Å². The van der Waals surface area contributed by atoms with Crippen molar-refractivity contribution in [2.75, 3.05) is 37.6 Å². The van der Waals surface area contributed by atoms with Gasteiger partial charge in [0.15, 0.2) is 0 Å². The molecule has 2 unspecified atom stereocenters. The third kappa shape index (κ3) is 5.76. The second-order valence-electron chi connectivity index (χ2n) is 9.49. The highest BCUT2D eigenvalue weighted by atomic mass is 32.2. The number of carbonyl (C=O) groups is 2. The molecule has 0 N–H and O–H groups in total. The van der Waals surface area contributed by atoms with Crippen molar-refractivity contribution in [1.29, 1.82) is 0 Å². The van der Waals surface area contributed by atoms with Crippen LogP contribution in [-0.4, -0.2) is 75.6 Å². The zero-order valence-electron chi connectivity index (χ0n) is 20.2. The van der Waals surface area contributed by atoms with Gasteiger partial charge in [-0.2, -0.15) is 13.2 Å². The molecule has 3 heterocycles. The van der Waals surface area contributed by atoms with E-state index in [4.69, 9.17) is 0 Å². The molecule has 1 saturated carbocycles. The highest BCUT2D eigenvalue weighted by molar-refractivity contribution is 8.04. The van der Waals surface area contributed by atoms with Crippen LogP contribution in [0.4, 0.5) is 19.1 Å². The molecule has 0 spiro atoms. The summed E-state index contributed by atoms with van der Waals surface area (Å²) in [5.74, 6) is 0.325. The topological polar surface area (TPSA) is 69.6 Å².